The number of para-hydroxylation sites is 1. The lowest BCUT2D eigenvalue weighted by Crippen LogP contribution is -1.97. The first-order valence-corrected chi connectivity index (χ1v) is 19.3. The SMILES string of the molecule is c1ccc(-c2ccc3c(c2)oc2nc(-c4ccc(-n5c6ccccc6c6cc7ccccc7cc65)c5c4sc4ccccc45)nc(-c4ccccc4)c23)cc1. The van der Waals surface area contributed by atoms with E-state index in [9.17, 15) is 0 Å². The molecule has 4 aromatic heterocycles. The van der Waals surface area contributed by atoms with Crippen LogP contribution < -0.4 is 0 Å². The maximum absolute atomic E-state index is 6.67. The lowest BCUT2D eigenvalue weighted by Gasteiger charge is -2.13. The maximum Gasteiger partial charge on any atom is 0.231 e. The van der Waals surface area contributed by atoms with Crippen LogP contribution in [0.4, 0.5) is 0 Å². The van der Waals surface area contributed by atoms with Gasteiger partial charge in [0.2, 0.25) is 5.71 Å². The molecule has 12 aromatic rings. The summed E-state index contributed by atoms with van der Waals surface area (Å²) in [7, 11) is 0. The van der Waals surface area contributed by atoms with E-state index in [-0.39, 0.29) is 0 Å². The number of hydrogen-bond acceptors (Lipinski definition) is 4. The van der Waals surface area contributed by atoms with Crippen LogP contribution in [0.5, 0.6) is 0 Å². The predicted octanol–water partition coefficient (Wildman–Crippen LogP) is 14.0. The molecular formula is C50H29N3OS. The van der Waals surface area contributed by atoms with Crippen molar-refractivity contribution in [2.45, 2.75) is 0 Å². The molecule has 0 saturated heterocycles. The Balaban J connectivity index is 1.15. The van der Waals surface area contributed by atoms with E-state index in [0.717, 1.165) is 54.7 Å². The number of fused-ring (bicyclic) bond motifs is 10. The summed E-state index contributed by atoms with van der Waals surface area (Å²) < 4.78 is 11.5. The summed E-state index contributed by atoms with van der Waals surface area (Å²) in [6.45, 7) is 0. The predicted molar refractivity (Wildman–Crippen MR) is 230 cm³/mol. The summed E-state index contributed by atoms with van der Waals surface area (Å²) >= 11 is 1.80. The molecule has 55 heavy (non-hydrogen) atoms. The smallest absolute Gasteiger partial charge is 0.231 e. The first-order chi connectivity index (χ1) is 27.3. The number of benzene rings is 8. The Labute approximate surface area is 319 Å². The van der Waals surface area contributed by atoms with Crippen molar-refractivity contribution in [3.8, 4) is 39.5 Å². The molecule has 12 rings (SSSR count). The van der Waals surface area contributed by atoms with Crippen molar-refractivity contribution in [2.24, 2.45) is 0 Å². The van der Waals surface area contributed by atoms with Gasteiger partial charge in [-0.25, -0.2) is 4.98 Å². The van der Waals surface area contributed by atoms with Gasteiger partial charge < -0.3 is 8.98 Å². The van der Waals surface area contributed by atoms with E-state index in [1.807, 2.05) is 12.1 Å². The molecule has 0 aliphatic carbocycles. The van der Waals surface area contributed by atoms with Gasteiger partial charge in [0.25, 0.3) is 0 Å². The third kappa shape index (κ3) is 4.57. The molecule has 0 amide bonds. The molecule has 0 fully saturated rings. The number of thiophene rings is 1. The average Bonchev–Trinajstić information content (AvgIpc) is 3.92. The second-order valence-electron chi connectivity index (χ2n) is 14.1. The molecule has 4 nitrogen and oxygen atoms in total. The third-order valence-electron chi connectivity index (χ3n) is 11.0. The average molecular weight is 720 g/mol. The van der Waals surface area contributed by atoms with E-state index in [1.54, 1.807) is 11.3 Å². The normalized spacial score (nSPS) is 12.0. The first-order valence-electron chi connectivity index (χ1n) is 18.5. The standard InChI is InChI=1S/C50H29N3OS/c1-3-13-30(14-4-1)34-23-24-36-43(29-34)54-50-46(36)47(31-15-5-2-6-16-31)51-49(52-50)38-25-26-41(45-37-20-10-12-22-44(37)55-48(38)45)53-40-21-11-9-19-35(40)39-27-32-17-7-8-18-33(32)28-42(39)53/h1-29H. The fourth-order valence-electron chi connectivity index (χ4n) is 8.50. The van der Waals surface area contributed by atoms with Gasteiger partial charge in [0.05, 0.1) is 27.8 Å². The molecule has 0 saturated carbocycles. The summed E-state index contributed by atoms with van der Waals surface area (Å²) in [4.78, 5) is 10.7. The van der Waals surface area contributed by atoms with Crippen LogP contribution >= 0.6 is 11.3 Å². The number of hydrogen-bond donors (Lipinski definition) is 0. The second kappa shape index (κ2) is 11.7. The quantitative estimate of drug-likeness (QED) is 0.182. The largest absolute Gasteiger partial charge is 0.438 e. The van der Waals surface area contributed by atoms with Gasteiger partial charge >= 0.3 is 0 Å². The molecular weight excluding hydrogens is 691 g/mol. The van der Waals surface area contributed by atoms with Crippen molar-refractivity contribution >= 4 is 86.2 Å². The van der Waals surface area contributed by atoms with Gasteiger partial charge in [0, 0.05) is 47.5 Å². The number of aromatic nitrogens is 3. The molecule has 0 bridgehead atoms. The van der Waals surface area contributed by atoms with Gasteiger partial charge in [0.15, 0.2) is 5.82 Å². The van der Waals surface area contributed by atoms with Gasteiger partial charge in [-0.1, -0.05) is 127 Å². The lowest BCUT2D eigenvalue weighted by atomic mass is 10.0. The molecule has 256 valence electrons. The van der Waals surface area contributed by atoms with Crippen LogP contribution in [0.3, 0.4) is 0 Å². The van der Waals surface area contributed by atoms with Gasteiger partial charge in [0.1, 0.15) is 5.58 Å². The van der Waals surface area contributed by atoms with E-state index in [0.29, 0.717) is 11.5 Å². The molecule has 0 aliphatic heterocycles. The summed E-state index contributed by atoms with van der Waals surface area (Å²) in [5.41, 5.74) is 9.98. The van der Waals surface area contributed by atoms with Crippen molar-refractivity contribution in [1.82, 2.24) is 14.5 Å². The minimum atomic E-state index is 0.580. The minimum Gasteiger partial charge on any atom is -0.438 e. The fourth-order valence-corrected chi connectivity index (χ4v) is 9.73. The molecule has 8 aromatic carbocycles. The van der Waals surface area contributed by atoms with E-state index in [4.69, 9.17) is 14.4 Å². The summed E-state index contributed by atoms with van der Waals surface area (Å²) in [5.74, 6) is 0.644. The first kappa shape index (κ1) is 30.4. The van der Waals surface area contributed by atoms with Crippen LogP contribution in [0.2, 0.25) is 0 Å². The van der Waals surface area contributed by atoms with Crippen LogP contribution in [-0.4, -0.2) is 14.5 Å². The van der Waals surface area contributed by atoms with Crippen molar-refractivity contribution in [3.63, 3.8) is 0 Å². The van der Waals surface area contributed by atoms with Crippen molar-refractivity contribution in [2.75, 3.05) is 0 Å². The molecule has 4 heterocycles. The summed E-state index contributed by atoms with van der Waals surface area (Å²) in [5, 5.41) is 9.27. The Bertz CT molecular complexity index is 3490. The van der Waals surface area contributed by atoms with Crippen LogP contribution in [0, 0.1) is 0 Å². The number of rotatable bonds is 4. The number of furan rings is 1. The Morgan fingerprint density at radius 1 is 0.473 bits per heavy atom. The molecule has 0 unspecified atom stereocenters. The Hall–Kier alpha value is -7.08. The highest BCUT2D eigenvalue weighted by Crippen LogP contribution is 2.46. The van der Waals surface area contributed by atoms with E-state index in [2.05, 4.69) is 168 Å². The topological polar surface area (TPSA) is 43.9 Å². The highest BCUT2D eigenvalue weighted by molar-refractivity contribution is 7.26. The highest BCUT2D eigenvalue weighted by Gasteiger charge is 2.23. The van der Waals surface area contributed by atoms with Crippen molar-refractivity contribution < 1.29 is 4.42 Å². The molecule has 0 radical (unpaired) electrons. The zero-order valence-corrected chi connectivity index (χ0v) is 30.2. The number of nitrogens with zero attached hydrogens (tertiary/aromatic N) is 3. The minimum absolute atomic E-state index is 0.580. The molecule has 5 heteroatoms. The van der Waals surface area contributed by atoms with Gasteiger partial charge in [-0.2, -0.15) is 4.98 Å². The Kier molecular flexibility index (Phi) is 6.47. The van der Waals surface area contributed by atoms with E-state index in [1.165, 1.54) is 48.1 Å². The highest BCUT2D eigenvalue weighted by atomic mass is 32.1. The van der Waals surface area contributed by atoms with Gasteiger partial charge in [-0.05, 0) is 70.4 Å². The monoisotopic (exact) mass is 719 g/mol. The van der Waals surface area contributed by atoms with Crippen molar-refractivity contribution in [3.05, 3.63) is 176 Å². The summed E-state index contributed by atoms with van der Waals surface area (Å²) in [6.07, 6.45) is 0. The Morgan fingerprint density at radius 3 is 2.02 bits per heavy atom. The zero-order chi connectivity index (χ0) is 36.0. The maximum atomic E-state index is 6.67. The molecule has 0 spiro atoms. The molecule has 0 aliphatic rings. The van der Waals surface area contributed by atoms with Crippen LogP contribution in [0.1, 0.15) is 0 Å². The van der Waals surface area contributed by atoms with Crippen LogP contribution in [0.25, 0.3) is 114 Å². The molecule has 0 atom stereocenters. The zero-order valence-electron chi connectivity index (χ0n) is 29.4. The Morgan fingerprint density at radius 2 is 1.18 bits per heavy atom. The van der Waals surface area contributed by atoms with Crippen molar-refractivity contribution in [1.29, 1.82) is 0 Å². The van der Waals surface area contributed by atoms with Crippen LogP contribution in [-0.2, 0) is 0 Å². The lowest BCUT2D eigenvalue weighted by molar-refractivity contribution is 0.654. The van der Waals surface area contributed by atoms with Crippen LogP contribution in [0.15, 0.2) is 180 Å². The van der Waals surface area contributed by atoms with Gasteiger partial charge in [-0.3, -0.25) is 0 Å². The second-order valence-corrected chi connectivity index (χ2v) is 15.2. The van der Waals surface area contributed by atoms with E-state index < -0.39 is 0 Å². The van der Waals surface area contributed by atoms with Gasteiger partial charge in [-0.15, -0.1) is 11.3 Å². The summed E-state index contributed by atoms with van der Waals surface area (Å²) in [6, 6.07) is 62.5. The fraction of sp³-hybridized carbons (Fsp3) is 0. The molecule has 0 N–H and O–H groups in total. The third-order valence-corrected chi connectivity index (χ3v) is 12.2. The van der Waals surface area contributed by atoms with E-state index >= 15 is 0 Å².